The molecule has 0 aliphatic rings. The molecule has 1 N–H and O–H groups in total. The third-order valence-electron chi connectivity index (χ3n) is 3.06. The van der Waals surface area contributed by atoms with Crippen molar-refractivity contribution < 1.29 is 19.0 Å². The first-order chi connectivity index (χ1) is 12.2. The van der Waals surface area contributed by atoms with Crippen LogP contribution in [0, 0.1) is 11.8 Å². The van der Waals surface area contributed by atoms with Crippen LogP contribution in [0.1, 0.15) is 0 Å². The molecule has 2 rings (SSSR count). The number of hydrogen-bond acceptors (Lipinski definition) is 4. The van der Waals surface area contributed by atoms with Gasteiger partial charge in [-0.05, 0) is 36.4 Å². The van der Waals surface area contributed by atoms with E-state index in [2.05, 4.69) is 17.2 Å². The molecule has 0 fully saturated rings. The average Bonchev–Trinajstić information content (AvgIpc) is 2.64. The van der Waals surface area contributed by atoms with Crippen LogP contribution in [0.4, 0.5) is 0 Å². The average molecular weight is 360 g/mol. The Bertz CT molecular complexity index is 750. The van der Waals surface area contributed by atoms with E-state index >= 15 is 0 Å². The molecular formula is C19H18ClNO4. The Balaban J connectivity index is 1.63. The number of carbonyl (C=O) groups excluding carboxylic acids is 1. The highest BCUT2D eigenvalue weighted by Gasteiger charge is 2.01. The number of benzene rings is 2. The summed E-state index contributed by atoms with van der Waals surface area (Å²) in [5.41, 5.74) is 0. The first-order valence-corrected chi connectivity index (χ1v) is 7.93. The molecule has 0 radical (unpaired) electrons. The lowest BCUT2D eigenvalue weighted by atomic mass is 10.3. The van der Waals surface area contributed by atoms with E-state index in [4.69, 9.17) is 25.8 Å². The van der Waals surface area contributed by atoms with Crippen molar-refractivity contribution in [3.05, 3.63) is 53.6 Å². The molecule has 0 saturated heterocycles. The van der Waals surface area contributed by atoms with Crippen LogP contribution in [-0.2, 0) is 4.79 Å². The molecule has 0 unspecified atom stereocenters. The summed E-state index contributed by atoms with van der Waals surface area (Å²) in [6.07, 6.45) is 0. The van der Waals surface area contributed by atoms with Gasteiger partial charge in [0, 0.05) is 0 Å². The molecule has 0 atom stereocenters. The van der Waals surface area contributed by atoms with E-state index in [-0.39, 0.29) is 25.7 Å². The SMILES string of the molecule is COc1ccc(OCC(=O)NCC#CCOc2ccccc2Cl)cc1. The molecule has 6 heteroatoms. The van der Waals surface area contributed by atoms with Gasteiger partial charge in [0.15, 0.2) is 6.61 Å². The molecule has 5 nitrogen and oxygen atoms in total. The fourth-order valence-electron chi connectivity index (χ4n) is 1.80. The number of halogens is 1. The van der Waals surface area contributed by atoms with Crippen LogP contribution in [0.5, 0.6) is 17.2 Å². The minimum atomic E-state index is -0.253. The number of amides is 1. The number of nitrogens with one attached hydrogen (secondary N) is 1. The van der Waals surface area contributed by atoms with Gasteiger partial charge in [0.2, 0.25) is 0 Å². The maximum atomic E-state index is 11.7. The van der Waals surface area contributed by atoms with Crippen LogP contribution < -0.4 is 19.5 Å². The van der Waals surface area contributed by atoms with Gasteiger partial charge >= 0.3 is 0 Å². The summed E-state index contributed by atoms with van der Waals surface area (Å²) in [6.45, 7) is 0.336. The van der Waals surface area contributed by atoms with Crippen molar-refractivity contribution >= 4 is 17.5 Å². The molecule has 0 aromatic heterocycles. The molecule has 1 amide bonds. The van der Waals surface area contributed by atoms with Crippen molar-refractivity contribution in [2.24, 2.45) is 0 Å². The van der Waals surface area contributed by atoms with Gasteiger partial charge < -0.3 is 19.5 Å². The van der Waals surface area contributed by atoms with Crippen LogP contribution in [0.25, 0.3) is 0 Å². The van der Waals surface area contributed by atoms with Gasteiger partial charge in [0.1, 0.15) is 23.9 Å². The van der Waals surface area contributed by atoms with Crippen molar-refractivity contribution in [2.45, 2.75) is 0 Å². The summed E-state index contributed by atoms with van der Waals surface area (Å²) in [5, 5.41) is 3.18. The zero-order chi connectivity index (χ0) is 17.9. The Hall–Kier alpha value is -2.84. The van der Waals surface area contributed by atoms with Crippen molar-refractivity contribution in [3.8, 4) is 29.1 Å². The van der Waals surface area contributed by atoms with Gasteiger partial charge in [-0.1, -0.05) is 35.6 Å². The smallest absolute Gasteiger partial charge is 0.258 e. The lowest BCUT2D eigenvalue weighted by Gasteiger charge is -2.06. The van der Waals surface area contributed by atoms with Gasteiger partial charge in [-0.25, -0.2) is 0 Å². The summed E-state index contributed by atoms with van der Waals surface area (Å²) in [6, 6.07) is 14.2. The van der Waals surface area contributed by atoms with Gasteiger partial charge in [0.05, 0.1) is 18.7 Å². The summed E-state index contributed by atoms with van der Waals surface area (Å²) < 4.78 is 15.8. The second-order valence-electron chi connectivity index (χ2n) is 4.81. The molecule has 25 heavy (non-hydrogen) atoms. The summed E-state index contributed by atoms with van der Waals surface area (Å²) >= 11 is 5.96. The number of methoxy groups -OCH3 is 1. The van der Waals surface area contributed by atoms with Gasteiger partial charge in [-0.2, -0.15) is 0 Å². The zero-order valence-electron chi connectivity index (χ0n) is 13.8. The van der Waals surface area contributed by atoms with E-state index in [1.54, 1.807) is 43.5 Å². The fourth-order valence-corrected chi connectivity index (χ4v) is 1.99. The first-order valence-electron chi connectivity index (χ1n) is 7.55. The number of ether oxygens (including phenoxy) is 3. The van der Waals surface area contributed by atoms with Crippen LogP contribution in [0.2, 0.25) is 5.02 Å². The molecular weight excluding hydrogens is 342 g/mol. The minimum absolute atomic E-state index is 0.0792. The topological polar surface area (TPSA) is 56.8 Å². The minimum Gasteiger partial charge on any atom is -0.497 e. The highest BCUT2D eigenvalue weighted by molar-refractivity contribution is 6.32. The number of carbonyl (C=O) groups is 1. The van der Waals surface area contributed by atoms with Crippen LogP contribution in [0.15, 0.2) is 48.5 Å². The molecule has 0 heterocycles. The quantitative estimate of drug-likeness (QED) is 0.772. The Morgan fingerprint density at radius 1 is 1.04 bits per heavy atom. The lowest BCUT2D eigenvalue weighted by Crippen LogP contribution is -2.29. The molecule has 0 aliphatic heterocycles. The summed E-state index contributed by atoms with van der Waals surface area (Å²) in [5.74, 6) is 7.25. The van der Waals surface area contributed by atoms with Gasteiger partial charge in [0.25, 0.3) is 5.91 Å². The number of rotatable bonds is 7. The monoisotopic (exact) mass is 359 g/mol. The fraction of sp³-hybridized carbons (Fsp3) is 0.211. The summed E-state index contributed by atoms with van der Waals surface area (Å²) in [7, 11) is 1.59. The maximum Gasteiger partial charge on any atom is 0.258 e. The van der Waals surface area contributed by atoms with Crippen molar-refractivity contribution in [1.29, 1.82) is 0 Å². The van der Waals surface area contributed by atoms with E-state index in [0.717, 1.165) is 5.75 Å². The third-order valence-corrected chi connectivity index (χ3v) is 3.38. The molecule has 0 aliphatic carbocycles. The highest BCUT2D eigenvalue weighted by Crippen LogP contribution is 2.22. The van der Waals surface area contributed by atoms with Crippen LogP contribution in [0.3, 0.4) is 0 Å². The van der Waals surface area contributed by atoms with Crippen molar-refractivity contribution in [2.75, 3.05) is 26.9 Å². The maximum absolute atomic E-state index is 11.7. The second-order valence-corrected chi connectivity index (χ2v) is 5.22. The summed E-state index contributed by atoms with van der Waals surface area (Å²) in [4.78, 5) is 11.7. The van der Waals surface area contributed by atoms with Gasteiger partial charge in [-0.3, -0.25) is 4.79 Å². The Morgan fingerprint density at radius 2 is 1.76 bits per heavy atom. The highest BCUT2D eigenvalue weighted by atomic mass is 35.5. The van der Waals surface area contributed by atoms with E-state index in [0.29, 0.717) is 16.5 Å². The molecule has 2 aromatic rings. The number of para-hydroxylation sites is 1. The first kappa shape index (κ1) is 18.5. The van der Waals surface area contributed by atoms with Gasteiger partial charge in [-0.15, -0.1) is 0 Å². The standard InChI is InChI=1S/C19H18ClNO4/c1-23-15-8-10-16(11-9-15)25-14-19(22)21-12-4-5-13-24-18-7-3-2-6-17(18)20/h2-3,6-11H,12-14H2,1H3,(H,21,22). The Morgan fingerprint density at radius 3 is 2.48 bits per heavy atom. The molecule has 0 saturated carbocycles. The van der Waals surface area contributed by atoms with Crippen LogP contribution in [-0.4, -0.2) is 32.8 Å². The van der Waals surface area contributed by atoms with E-state index in [9.17, 15) is 4.79 Å². The number of hydrogen-bond donors (Lipinski definition) is 1. The zero-order valence-corrected chi connectivity index (χ0v) is 14.5. The predicted molar refractivity (Wildman–Crippen MR) is 96.2 cm³/mol. The largest absolute Gasteiger partial charge is 0.497 e. The van der Waals surface area contributed by atoms with Crippen LogP contribution >= 0.6 is 11.6 Å². The normalized spacial score (nSPS) is 9.52. The van der Waals surface area contributed by atoms with E-state index in [1.807, 2.05) is 12.1 Å². The Kier molecular flexibility index (Phi) is 7.48. The van der Waals surface area contributed by atoms with E-state index < -0.39 is 0 Å². The van der Waals surface area contributed by atoms with Crippen molar-refractivity contribution in [3.63, 3.8) is 0 Å². The molecule has 0 spiro atoms. The lowest BCUT2D eigenvalue weighted by molar-refractivity contribution is -0.122. The molecule has 0 bridgehead atoms. The molecule has 130 valence electrons. The molecule has 2 aromatic carbocycles. The Labute approximate surface area is 151 Å². The third kappa shape index (κ3) is 6.66. The second kappa shape index (κ2) is 10.1. The van der Waals surface area contributed by atoms with Crippen molar-refractivity contribution in [1.82, 2.24) is 5.32 Å². The predicted octanol–water partition coefficient (Wildman–Crippen LogP) is 2.93. The van der Waals surface area contributed by atoms with E-state index in [1.165, 1.54) is 0 Å².